The normalized spacial score (nSPS) is 18.9. The first-order valence-corrected chi connectivity index (χ1v) is 8.52. The van der Waals surface area contributed by atoms with Crippen LogP contribution >= 0.6 is 0 Å². The van der Waals surface area contributed by atoms with E-state index in [1.54, 1.807) is 12.1 Å². The van der Waals surface area contributed by atoms with Gasteiger partial charge < -0.3 is 4.57 Å². The maximum Gasteiger partial charge on any atom is 0.123 e. The summed E-state index contributed by atoms with van der Waals surface area (Å²) in [6.45, 7) is 9.54. The molecule has 0 aliphatic carbocycles. The van der Waals surface area contributed by atoms with Crippen molar-refractivity contribution in [3.8, 4) is 0 Å². The maximum atomic E-state index is 13.3. The number of nitrogens with zero attached hydrogens (tertiary/aromatic N) is 3. The molecule has 1 aliphatic heterocycles. The van der Waals surface area contributed by atoms with E-state index >= 15 is 0 Å². The van der Waals surface area contributed by atoms with Crippen LogP contribution in [-0.2, 0) is 13.0 Å². The largest absolute Gasteiger partial charge is 0.330 e. The van der Waals surface area contributed by atoms with Crippen molar-refractivity contribution in [1.29, 1.82) is 0 Å². The number of aromatic nitrogens is 2. The third-order valence-electron chi connectivity index (χ3n) is 4.71. The Morgan fingerprint density at radius 2 is 2.17 bits per heavy atom. The lowest BCUT2D eigenvalue weighted by atomic mass is 10.0. The summed E-state index contributed by atoms with van der Waals surface area (Å²) in [5.41, 5.74) is 2.30. The maximum absolute atomic E-state index is 13.3. The van der Waals surface area contributed by atoms with Crippen molar-refractivity contribution in [2.45, 2.75) is 46.2 Å². The Hall–Kier alpha value is -1.68. The quantitative estimate of drug-likeness (QED) is 0.832. The summed E-state index contributed by atoms with van der Waals surface area (Å²) in [4.78, 5) is 7.04. The third-order valence-corrected chi connectivity index (χ3v) is 4.71. The second-order valence-electron chi connectivity index (χ2n) is 7.00. The molecule has 23 heavy (non-hydrogen) atoms. The van der Waals surface area contributed by atoms with Gasteiger partial charge in [-0.15, -0.1) is 0 Å². The lowest BCUT2D eigenvalue weighted by Gasteiger charge is -2.18. The molecular weight excluding hydrogens is 289 g/mol. The summed E-state index contributed by atoms with van der Waals surface area (Å²) in [6.07, 6.45) is 4.21. The van der Waals surface area contributed by atoms with E-state index in [1.165, 1.54) is 24.0 Å². The van der Waals surface area contributed by atoms with Gasteiger partial charge in [-0.3, -0.25) is 4.90 Å². The molecule has 1 unspecified atom stereocenters. The minimum atomic E-state index is -0.146. The Kier molecular flexibility index (Phi) is 4.81. The zero-order valence-corrected chi connectivity index (χ0v) is 14.3. The molecule has 124 valence electrons. The van der Waals surface area contributed by atoms with E-state index in [1.807, 2.05) is 12.3 Å². The number of aryl methyl sites for hydroxylation is 1. The number of imidazole rings is 1. The molecule has 1 fully saturated rings. The van der Waals surface area contributed by atoms with Crippen LogP contribution in [0.2, 0.25) is 0 Å². The van der Waals surface area contributed by atoms with Gasteiger partial charge in [0, 0.05) is 37.4 Å². The predicted molar refractivity (Wildman–Crippen MR) is 90.8 cm³/mol. The molecule has 3 rings (SSSR count). The Morgan fingerprint density at radius 1 is 1.35 bits per heavy atom. The second kappa shape index (κ2) is 6.83. The summed E-state index contributed by atoms with van der Waals surface area (Å²) in [5.74, 6) is 1.70. The molecule has 1 atom stereocenters. The smallest absolute Gasteiger partial charge is 0.123 e. The molecule has 3 nitrogen and oxygen atoms in total. The van der Waals surface area contributed by atoms with Crippen molar-refractivity contribution < 1.29 is 4.39 Å². The average Bonchev–Trinajstić information content (AvgIpc) is 3.06. The van der Waals surface area contributed by atoms with E-state index in [0.29, 0.717) is 12.0 Å². The van der Waals surface area contributed by atoms with Crippen LogP contribution in [0.3, 0.4) is 0 Å². The first-order chi connectivity index (χ1) is 11.0. The van der Waals surface area contributed by atoms with Gasteiger partial charge in [0.25, 0.3) is 0 Å². The van der Waals surface area contributed by atoms with Crippen LogP contribution in [0.1, 0.15) is 43.4 Å². The highest BCUT2D eigenvalue weighted by molar-refractivity contribution is 5.16. The molecule has 0 saturated carbocycles. The fraction of sp³-hybridized carbons (Fsp3) is 0.526. The van der Waals surface area contributed by atoms with Gasteiger partial charge in [-0.1, -0.05) is 12.1 Å². The lowest BCUT2D eigenvalue weighted by molar-refractivity contribution is 0.314. The van der Waals surface area contributed by atoms with E-state index in [2.05, 4.69) is 35.2 Å². The van der Waals surface area contributed by atoms with Crippen molar-refractivity contribution >= 4 is 0 Å². The van der Waals surface area contributed by atoms with Gasteiger partial charge in [0.1, 0.15) is 11.6 Å². The summed E-state index contributed by atoms with van der Waals surface area (Å²) < 4.78 is 15.6. The Labute approximate surface area is 138 Å². The van der Waals surface area contributed by atoms with Crippen LogP contribution < -0.4 is 0 Å². The number of likely N-dealkylation sites (tertiary alicyclic amines) is 1. The number of hydrogen-bond donors (Lipinski definition) is 0. The van der Waals surface area contributed by atoms with Crippen LogP contribution in [0.5, 0.6) is 0 Å². The molecule has 0 radical (unpaired) electrons. The van der Waals surface area contributed by atoms with Crippen molar-refractivity contribution in [2.24, 2.45) is 5.92 Å². The Balaban J connectivity index is 1.60. The molecule has 1 aromatic heterocycles. The zero-order chi connectivity index (χ0) is 16.4. The van der Waals surface area contributed by atoms with Gasteiger partial charge in [-0.25, -0.2) is 9.37 Å². The molecular formula is C19H26FN3. The topological polar surface area (TPSA) is 21.1 Å². The predicted octanol–water partition coefficient (Wildman–Crippen LogP) is 3.98. The number of benzene rings is 1. The first-order valence-electron chi connectivity index (χ1n) is 8.52. The highest BCUT2D eigenvalue weighted by Crippen LogP contribution is 2.24. The van der Waals surface area contributed by atoms with Gasteiger partial charge >= 0.3 is 0 Å². The monoisotopic (exact) mass is 315 g/mol. The summed E-state index contributed by atoms with van der Waals surface area (Å²) in [5, 5.41) is 0. The van der Waals surface area contributed by atoms with Crippen molar-refractivity contribution in [1.82, 2.24) is 14.5 Å². The van der Waals surface area contributed by atoms with Crippen LogP contribution in [0.25, 0.3) is 0 Å². The SMILES string of the molecule is Cc1cnc(CC2CCN(Cc3cccc(F)c3)C2)n1C(C)C. The fourth-order valence-electron chi connectivity index (χ4n) is 3.73. The summed E-state index contributed by atoms with van der Waals surface area (Å²) in [7, 11) is 0. The molecule has 2 heterocycles. The minimum absolute atomic E-state index is 0.146. The van der Waals surface area contributed by atoms with Crippen molar-refractivity contribution in [2.75, 3.05) is 13.1 Å². The molecule has 0 bridgehead atoms. The standard InChI is InChI=1S/C19H26FN3/c1-14(2)23-15(3)11-21-19(23)10-17-7-8-22(13-17)12-16-5-4-6-18(20)9-16/h4-6,9,11,14,17H,7-8,10,12-13H2,1-3H3. The van der Waals surface area contributed by atoms with Crippen LogP contribution in [0.15, 0.2) is 30.5 Å². The summed E-state index contributed by atoms with van der Waals surface area (Å²) >= 11 is 0. The van der Waals surface area contributed by atoms with Crippen LogP contribution in [0.4, 0.5) is 4.39 Å². The Bertz CT molecular complexity index is 662. The highest BCUT2D eigenvalue weighted by atomic mass is 19.1. The average molecular weight is 315 g/mol. The number of halogens is 1. The van der Waals surface area contributed by atoms with E-state index in [4.69, 9.17) is 0 Å². The van der Waals surface area contributed by atoms with Gasteiger partial charge in [-0.2, -0.15) is 0 Å². The van der Waals surface area contributed by atoms with Crippen LogP contribution in [0, 0.1) is 18.7 Å². The molecule has 0 N–H and O–H groups in total. The molecule has 1 aromatic carbocycles. The van der Waals surface area contributed by atoms with Gasteiger partial charge in [0.2, 0.25) is 0 Å². The van der Waals surface area contributed by atoms with Gasteiger partial charge in [-0.05, 0) is 57.4 Å². The number of rotatable bonds is 5. The highest BCUT2D eigenvalue weighted by Gasteiger charge is 2.24. The molecule has 4 heteroatoms. The molecule has 2 aromatic rings. The van der Waals surface area contributed by atoms with E-state index < -0.39 is 0 Å². The van der Waals surface area contributed by atoms with Gasteiger partial charge in [0.15, 0.2) is 0 Å². The molecule has 1 saturated heterocycles. The van der Waals surface area contributed by atoms with Crippen molar-refractivity contribution in [3.05, 3.63) is 53.4 Å². The van der Waals surface area contributed by atoms with Crippen LogP contribution in [-0.4, -0.2) is 27.5 Å². The van der Waals surface area contributed by atoms with E-state index in [0.717, 1.165) is 31.6 Å². The molecule has 0 amide bonds. The first kappa shape index (κ1) is 16.2. The zero-order valence-electron chi connectivity index (χ0n) is 14.3. The molecule has 1 aliphatic rings. The fourth-order valence-corrected chi connectivity index (χ4v) is 3.73. The van der Waals surface area contributed by atoms with E-state index in [-0.39, 0.29) is 5.82 Å². The van der Waals surface area contributed by atoms with Crippen molar-refractivity contribution in [3.63, 3.8) is 0 Å². The Morgan fingerprint density at radius 3 is 2.91 bits per heavy atom. The summed E-state index contributed by atoms with van der Waals surface area (Å²) in [6, 6.07) is 7.40. The second-order valence-corrected chi connectivity index (χ2v) is 7.00. The molecule has 0 spiro atoms. The van der Waals surface area contributed by atoms with Gasteiger partial charge in [0.05, 0.1) is 0 Å². The lowest BCUT2D eigenvalue weighted by Crippen LogP contribution is -2.21. The minimum Gasteiger partial charge on any atom is -0.330 e. The van der Waals surface area contributed by atoms with E-state index in [9.17, 15) is 4.39 Å². The number of hydrogen-bond acceptors (Lipinski definition) is 2. The third kappa shape index (κ3) is 3.81.